The summed E-state index contributed by atoms with van der Waals surface area (Å²) in [5, 5.41) is 0. The number of ether oxygens (including phenoxy) is 1. The third-order valence-electron chi connectivity index (χ3n) is 1.92. The highest BCUT2D eigenvalue weighted by atomic mass is 19.3. The van der Waals surface area contributed by atoms with E-state index in [1.165, 1.54) is 0 Å². The zero-order valence-corrected chi connectivity index (χ0v) is 6.44. The Morgan fingerprint density at radius 1 is 1.42 bits per heavy atom. The van der Waals surface area contributed by atoms with E-state index < -0.39 is 6.10 Å². The third kappa shape index (κ3) is 1.47. The fraction of sp³-hybridized carbons (Fsp3) is 0.333. The van der Waals surface area contributed by atoms with Crippen LogP contribution in [-0.4, -0.2) is 12.7 Å². The molecule has 1 fully saturated rings. The van der Waals surface area contributed by atoms with Gasteiger partial charge in [-0.25, -0.2) is 0 Å². The van der Waals surface area contributed by atoms with E-state index in [1.807, 2.05) is 30.3 Å². The monoisotopic (exact) mass is 168 g/mol. The molecule has 1 aromatic rings. The largest absolute Gasteiger partial charge is 0.370 e. The van der Waals surface area contributed by atoms with Gasteiger partial charge in [0.2, 0.25) is 0 Å². The number of halogens is 1. The predicted molar refractivity (Wildman–Crippen MR) is 41.1 cm³/mol. The van der Waals surface area contributed by atoms with Crippen molar-refractivity contribution in [3.63, 3.8) is 0 Å². The van der Waals surface area contributed by atoms with Crippen LogP contribution in [0.15, 0.2) is 30.3 Å². The first-order valence-corrected chi connectivity index (χ1v) is 3.86. The minimum absolute atomic E-state index is 0.0996. The van der Waals surface area contributed by atoms with Gasteiger partial charge < -0.3 is 4.74 Å². The summed E-state index contributed by atoms with van der Waals surface area (Å²) in [4.78, 5) is 3.84. The molecule has 2 nitrogen and oxygen atoms in total. The second-order valence-corrected chi connectivity index (χ2v) is 2.79. The van der Waals surface area contributed by atoms with E-state index in [9.17, 15) is 4.53 Å². The van der Waals surface area contributed by atoms with Gasteiger partial charge in [-0.1, -0.05) is 30.3 Å². The molecule has 1 saturated heterocycles. The molecule has 3 heteroatoms. The summed E-state index contributed by atoms with van der Waals surface area (Å²) in [5.41, 5.74) is 0.822. The lowest BCUT2D eigenvalue weighted by Crippen LogP contribution is -2.06. The smallest absolute Gasteiger partial charge is 0.152 e. The molecule has 0 aromatic heterocycles. The lowest BCUT2D eigenvalue weighted by molar-refractivity contribution is -0.188. The van der Waals surface area contributed by atoms with Gasteiger partial charge in [-0.2, -0.15) is 4.94 Å². The van der Waals surface area contributed by atoms with Crippen LogP contribution in [0.25, 0.3) is 0 Å². The summed E-state index contributed by atoms with van der Waals surface area (Å²) in [6.07, 6.45) is -0.649. The summed E-state index contributed by atoms with van der Waals surface area (Å²) in [6.45, 7) is 0.587. The number of hydrogen-bond acceptors (Lipinski definition) is 2. The van der Waals surface area contributed by atoms with Gasteiger partial charge in [0.25, 0.3) is 0 Å². The third-order valence-corrected chi connectivity index (χ3v) is 1.92. The zero-order valence-electron chi connectivity index (χ0n) is 6.44. The van der Waals surface area contributed by atoms with Crippen LogP contribution >= 0.6 is 0 Å². The first kappa shape index (κ1) is 7.71. The van der Waals surface area contributed by atoms with Crippen molar-refractivity contribution in [3.05, 3.63) is 35.9 Å². The molecule has 2 rings (SSSR count). The number of hydrogen-bond donors (Lipinski definition) is 0. The van der Waals surface area contributed by atoms with Gasteiger partial charge in [0.1, 0.15) is 6.10 Å². The Morgan fingerprint density at radius 3 is 2.58 bits per heavy atom. The average Bonchev–Trinajstić information content (AvgIpc) is 2.92. The standard InChI is InChI=1S/C9H9FO2/c10-12-9(8-6-11-8)7-4-2-1-3-5-7/h1-5,8-9H,6H2. The van der Waals surface area contributed by atoms with Crippen LogP contribution in [0.5, 0.6) is 0 Å². The van der Waals surface area contributed by atoms with Crippen molar-refractivity contribution in [1.29, 1.82) is 0 Å². The van der Waals surface area contributed by atoms with Crippen molar-refractivity contribution < 1.29 is 14.2 Å². The van der Waals surface area contributed by atoms with Gasteiger partial charge in [0, 0.05) is 0 Å². The normalized spacial score (nSPS) is 23.6. The Kier molecular flexibility index (Phi) is 2.06. The quantitative estimate of drug-likeness (QED) is 0.644. The van der Waals surface area contributed by atoms with E-state index in [-0.39, 0.29) is 6.10 Å². The van der Waals surface area contributed by atoms with E-state index in [2.05, 4.69) is 4.94 Å². The van der Waals surface area contributed by atoms with Gasteiger partial charge in [-0.05, 0) is 10.1 Å². The Bertz CT molecular complexity index is 246. The van der Waals surface area contributed by atoms with Crippen LogP contribution in [0.3, 0.4) is 0 Å². The van der Waals surface area contributed by atoms with Crippen LogP contribution in [0.4, 0.5) is 4.53 Å². The summed E-state index contributed by atoms with van der Waals surface area (Å²) < 4.78 is 17.0. The van der Waals surface area contributed by atoms with Crippen molar-refractivity contribution in [2.75, 3.05) is 6.61 Å². The average molecular weight is 168 g/mol. The molecule has 64 valence electrons. The highest BCUT2D eigenvalue weighted by Crippen LogP contribution is 2.30. The van der Waals surface area contributed by atoms with E-state index in [0.717, 1.165) is 5.56 Å². The highest BCUT2D eigenvalue weighted by molar-refractivity contribution is 5.19. The zero-order chi connectivity index (χ0) is 8.39. The molecule has 1 aromatic carbocycles. The SMILES string of the molecule is FOC(c1ccccc1)C1CO1. The fourth-order valence-corrected chi connectivity index (χ4v) is 1.20. The molecule has 0 N–H and O–H groups in total. The van der Waals surface area contributed by atoms with Gasteiger partial charge in [-0.15, -0.1) is 0 Å². The number of rotatable bonds is 3. The Morgan fingerprint density at radius 2 is 2.08 bits per heavy atom. The van der Waals surface area contributed by atoms with Crippen molar-refractivity contribution in [3.8, 4) is 0 Å². The van der Waals surface area contributed by atoms with Crippen LogP contribution in [0, 0.1) is 0 Å². The molecule has 0 aliphatic carbocycles. The van der Waals surface area contributed by atoms with Crippen molar-refractivity contribution >= 4 is 0 Å². The van der Waals surface area contributed by atoms with Crippen molar-refractivity contribution in [1.82, 2.24) is 0 Å². The first-order chi connectivity index (χ1) is 5.92. The van der Waals surface area contributed by atoms with Crippen LogP contribution < -0.4 is 0 Å². The fourth-order valence-electron chi connectivity index (χ4n) is 1.20. The molecule has 2 atom stereocenters. The van der Waals surface area contributed by atoms with E-state index in [4.69, 9.17) is 4.74 Å². The molecule has 0 saturated carbocycles. The number of benzene rings is 1. The maximum Gasteiger partial charge on any atom is 0.152 e. The topological polar surface area (TPSA) is 21.8 Å². The molecule has 0 amide bonds. The van der Waals surface area contributed by atoms with E-state index in [1.54, 1.807) is 0 Å². The molecule has 0 bridgehead atoms. The Labute approximate surface area is 69.8 Å². The second-order valence-electron chi connectivity index (χ2n) is 2.79. The highest BCUT2D eigenvalue weighted by Gasteiger charge is 2.35. The van der Waals surface area contributed by atoms with Crippen LogP contribution in [0.2, 0.25) is 0 Å². The lowest BCUT2D eigenvalue weighted by atomic mass is 10.1. The maximum atomic E-state index is 12.1. The van der Waals surface area contributed by atoms with Crippen LogP contribution in [0.1, 0.15) is 11.7 Å². The Hall–Kier alpha value is -0.930. The first-order valence-electron chi connectivity index (χ1n) is 3.86. The molecular formula is C9H9FO2. The van der Waals surface area contributed by atoms with Gasteiger partial charge in [-0.3, -0.25) is 0 Å². The minimum atomic E-state index is -0.550. The molecule has 0 spiro atoms. The molecule has 1 aliphatic heterocycles. The summed E-state index contributed by atoms with van der Waals surface area (Å²) in [7, 11) is 0. The van der Waals surface area contributed by atoms with Crippen molar-refractivity contribution in [2.24, 2.45) is 0 Å². The van der Waals surface area contributed by atoms with Gasteiger partial charge >= 0.3 is 0 Å². The second kappa shape index (κ2) is 3.21. The molecule has 12 heavy (non-hydrogen) atoms. The summed E-state index contributed by atoms with van der Waals surface area (Å²) in [5.74, 6) is 0. The molecule has 2 unspecified atom stereocenters. The minimum Gasteiger partial charge on any atom is -0.370 e. The Balaban J connectivity index is 2.15. The molecular weight excluding hydrogens is 159 g/mol. The predicted octanol–water partition coefficient (Wildman–Crippen LogP) is 2.03. The lowest BCUT2D eigenvalue weighted by Gasteiger charge is -2.07. The summed E-state index contributed by atoms with van der Waals surface area (Å²) in [6, 6.07) is 9.23. The maximum absolute atomic E-state index is 12.1. The number of epoxide rings is 1. The van der Waals surface area contributed by atoms with E-state index in [0.29, 0.717) is 6.61 Å². The van der Waals surface area contributed by atoms with Gasteiger partial charge in [0.15, 0.2) is 6.10 Å². The summed E-state index contributed by atoms with van der Waals surface area (Å²) >= 11 is 0. The molecule has 1 heterocycles. The van der Waals surface area contributed by atoms with Gasteiger partial charge in [0.05, 0.1) is 6.61 Å². The molecule has 0 radical (unpaired) electrons. The molecule has 1 aliphatic rings. The van der Waals surface area contributed by atoms with E-state index >= 15 is 0 Å². The van der Waals surface area contributed by atoms with Crippen molar-refractivity contribution in [2.45, 2.75) is 12.2 Å². The van der Waals surface area contributed by atoms with Crippen LogP contribution in [-0.2, 0) is 9.68 Å².